The van der Waals surface area contributed by atoms with Crippen molar-refractivity contribution in [2.24, 2.45) is 4.99 Å². The van der Waals surface area contributed by atoms with Crippen LogP contribution in [0, 0.1) is 0 Å². The Hall–Kier alpha value is -1.63. The van der Waals surface area contributed by atoms with Crippen molar-refractivity contribution in [3.05, 3.63) is 35.4 Å². The number of likely N-dealkylation sites (tertiary alicyclic amines) is 1. The van der Waals surface area contributed by atoms with Gasteiger partial charge in [-0.3, -0.25) is 14.8 Å². The number of benzene rings is 1. The van der Waals surface area contributed by atoms with Crippen molar-refractivity contribution in [3.8, 4) is 0 Å². The number of guanidine groups is 1. The summed E-state index contributed by atoms with van der Waals surface area (Å²) in [5.41, 5.74) is 2.81. The molecule has 0 amide bonds. The lowest BCUT2D eigenvalue weighted by molar-refractivity contribution is 0.131. The van der Waals surface area contributed by atoms with Crippen LogP contribution in [0.2, 0.25) is 0 Å². The van der Waals surface area contributed by atoms with E-state index in [-0.39, 0.29) is 0 Å². The van der Waals surface area contributed by atoms with Crippen molar-refractivity contribution in [3.63, 3.8) is 0 Å². The predicted octanol–water partition coefficient (Wildman–Crippen LogP) is 2.51. The third-order valence-corrected chi connectivity index (χ3v) is 7.50. The monoisotopic (exact) mass is 426 g/mol. The fourth-order valence-electron chi connectivity index (χ4n) is 5.46. The minimum atomic E-state index is 0.511. The highest BCUT2D eigenvalue weighted by Gasteiger charge is 2.30. The molecule has 2 N–H and O–H groups in total. The van der Waals surface area contributed by atoms with Crippen LogP contribution in [0.4, 0.5) is 0 Å². The molecule has 2 heterocycles. The van der Waals surface area contributed by atoms with Gasteiger partial charge >= 0.3 is 0 Å². The number of nitrogens with one attached hydrogen (secondary N) is 2. The van der Waals surface area contributed by atoms with E-state index in [2.05, 4.69) is 61.5 Å². The number of rotatable bonds is 7. The van der Waals surface area contributed by atoms with E-state index in [0.29, 0.717) is 6.04 Å². The van der Waals surface area contributed by atoms with Gasteiger partial charge in [-0.2, -0.15) is 0 Å². The summed E-state index contributed by atoms with van der Waals surface area (Å²) in [5, 5.41) is 7.27. The van der Waals surface area contributed by atoms with Crippen LogP contribution in [0.1, 0.15) is 50.2 Å². The molecule has 6 heteroatoms. The Balaban J connectivity index is 1.26. The second-order valence-electron chi connectivity index (χ2n) is 9.47. The summed E-state index contributed by atoms with van der Waals surface area (Å²) in [5.74, 6) is 0.935. The smallest absolute Gasteiger partial charge is 0.191 e. The average molecular weight is 427 g/mol. The molecule has 1 aromatic carbocycles. The van der Waals surface area contributed by atoms with Crippen LogP contribution >= 0.6 is 0 Å². The summed E-state index contributed by atoms with van der Waals surface area (Å²) in [7, 11) is 1.89. The van der Waals surface area contributed by atoms with Gasteiger partial charge in [0, 0.05) is 71.5 Å². The molecule has 1 aromatic rings. The molecule has 1 unspecified atom stereocenters. The lowest BCUT2D eigenvalue weighted by atomic mass is 10.1. The third-order valence-electron chi connectivity index (χ3n) is 7.50. The van der Waals surface area contributed by atoms with E-state index in [9.17, 15) is 0 Å². The van der Waals surface area contributed by atoms with Crippen molar-refractivity contribution in [1.82, 2.24) is 25.3 Å². The molecule has 3 aliphatic rings. The van der Waals surface area contributed by atoms with Crippen LogP contribution in [0.5, 0.6) is 0 Å². The maximum atomic E-state index is 4.51. The molecule has 1 saturated carbocycles. The molecule has 172 valence electrons. The van der Waals surface area contributed by atoms with Gasteiger partial charge in [0.05, 0.1) is 0 Å². The molecule has 1 atom stereocenters. The highest BCUT2D eigenvalue weighted by Crippen LogP contribution is 2.26. The zero-order valence-corrected chi connectivity index (χ0v) is 19.7. The standard InChI is InChI=1S/C25H42N6/c1-3-29-14-16-30(17-15-29)19-22-9-5-4-8-21(22)18-27-25(26-2)28-23-12-13-31(20-23)24-10-6-7-11-24/h4-5,8-9,23-24H,3,6-7,10-20H2,1-2H3,(H2,26,27,28). The summed E-state index contributed by atoms with van der Waals surface area (Å²) in [6, 6.07) is 10.2. The summed E-state index contributed by atoms with van der Waals surface area (Å²) in [6.45, 7) is 12.4. The van der Waals surface area contributed by atoms with Gasteiger partial charge in [0.15, 0.2) is 5.96 Å². The van der Waals surface area contributed by atoms with Gasteiger partial charge in [0.2, 0.25) is 0 Å². The second kappa shape index (κ2) is 11.3. The SMILES string of the molecule is CCN1CCN(Cc2ccccc2CNC(=NC)NC2CCN(C3CCCC3)C2)CC1. The minimum Gasteiger partial charge on any atom is -0.352 e. The van der Waals surface area contributed by atoms with Crippen molar-refractivity contribution in [2.45, 2.75) is 64.2 Å². The Morgan fingerprint density at radius 2 is 1.68 bits per heavy atom. The van der Waals surface area contributed by atoms with Crippen molar-refractivity contribution in [2.75, 3.05) is 52.9 Å². The predicted molar refractivity (Wildman–Crippen MR) is 129 cm³/mol. The van der Waals surface area contributed by atoms with Crippen LogP contribution < -0.4 is 10.6 Å². The number of likely N-dealkylation sites (N-methyl/N-ethyl adjacent to an activating group) is 1. The first-order valence-corrected chi connectivity index (χ1v) is 12.5. The lowest BCUT2D eigenvalue weighted by Gasteiger charge is -2.34. The van der Waals surface area contributed by atoms with Gasteiger partial charge < -0.3 is 15.5 Å². The van der Waals surface area contributed by atoms with Gasteiger partial charge in [-0.15, -0.1) is 0 Å². The summed E-state index contributed by atoms with van der Waals surface area (Å²) in [6.07, 6.45) is 6.83. The van der Waals surface area contributed by atoms with Crippen molar-refractivity contribution < 1.29 is 0 Å². The maximum absolute atomic E-state index is 4.51. The van der Waals surface area contributed by atoms with E-state index in [4.69, 9.17) is 0 Å². The van der Waals surface area contributed by atoms with Crippen LogP contribution in [-0.2, 0) is 13.1 Å². The topological polar surface area (TPSA) is 46.1 Å². The zero-order chi connectivity index (χ0) is 21.5. The minimum absolute atomic E-state index is 0.511. The second-order valence-corrected chi connectivity index (χ2v) is 9.47. The van der Waals surface area contributed by atoms with Crippen molar-refractivity contribution >= 4 is 5.96 Å². The fourth-order valence-corrected chi connectivity index (χ4v) is 5.46. The highest BCUT2D eigenvalue weighted by molar-refractivity contribution is 5.80. The first kappa shape index (κ1) is 22.6. The van der Waals surface area contributed by atoms with Crippen LogP contribution in [0.15, 0.2) is 29.3 Å². The molecule has 0 bridgehead atoms. The largest absolute Gasteiger partial charge is 0.352 e. The Morgan fingerprint density at radius 1 is 0.968 bits per heavy atom. The lowest BCUT2D eigenvalue weighted by Crippen LogP contribution is -2.46. The molecule has 1 aliphatic carbocycles. The molecule has 0 radical (unpaired) electrons. The zero-order valence-electron chi connectivity index (χ0n) is 19.7. The van der Waals surface area contributed by atoms with Crippen LogP contribution in [-0.4, -0.2) is 85.6 Å². The molecule has 0 aromatic heterocycles. The van der Waals surface area contributed by atoms with Crippen molar-refractivity contribution in [1.29, 1.82) is 0 Å². The molecule has 2 aliphatic heterocycles. The van der Waals surface area contributed by atoms with E-state index in [0.717, 1.165) is 44.7 Å². The number of hydrogen-bond donors (Lipinski definition) is 2. The molecule has 31 heavy (non-hydrogen) atoms. The molecular formula is C25H42N6. The molecular weight excluding hydrogens is 384 g/mol. The van der Waals surface area contributed by atoms with Gasteiger partial charge in [-0.05, 0) is 36.9 Å². The van der Waals surface area contributed by atoms with Crippen LogP contribution in [0.3, 0.4) is 0 Å². The quantitative estimate of drug-likeness (QED) is 0.518. The molecule has 2 saturated heterocycles. The van der Waals surface area contributed by atoms with E-state index in [1.54, 1.807) is 0 Å². The third kappa shape index (κ3) is 6.21. The normalized spacial score (nSPS) is 24.7. The molecule has 3 fully saturated rings. The highest BCUT2D eigenvalue weighted by atomic mass is 15.3. The Bertz CT molecular complexity index is 706. The average Bonchev–Trinajstić information content (AvgIpc) is 3.50. The number of aliphatic imine (C=N–C) groups is 1. The Labute approximate surface area is 189 Å². The summed E-state index contributed by atoms with van der Waals surface area (Å²) in [4.78, 5) is 12.3. The first-order valence-electron chi connectivity index (χ1n) is 12.5. The number of nitrogens with zero attached hydrogens (tertiary/aromatic N) is 4. The fraction of sp³-hybridized carbons (Fsp3) is 0.720. The molecule has 4 rings (SSSR count). The van der Waals surface area contributed by atoms with E-state index < -0.39 is 0 Å². The summed E-state index contributed by atoms with van der Waals surface area (Å²) >= 11 is 0. The first-order chi connectivity index (χ1) is 15.2. The maximum Gasteiger partial charge on any atom is 0.191 e. The number of hydrogen-bond acceptors (Lipinski definition) is 4. The number of piperazine rings is 1. The van der Waals surface area contributed by atoms with Gasteiger partial charge in [-0.1, -0.05) is 44.0 Å². The Kier molecular flexibility index (Phi) is 8.22. The van der Waals surface area contributed by atoms with E-state index in [1.165, 1.54) is 69.4 Å². The Morgan fingerprint density at radius 3 is 2.39 bits per heavy atom. The molecule has 6 nitrogen and oxygen atoms in total. The molecule has 0 spiro atoms. The summed E-state index contributed by atoms with van der Waals surface area (Å²) < 4.78 is 0. The van der Waals surface area contributed by atoms with Gasteiger partial charge in [0.25, 0.3) is 0 Å². The van der Waals surface area contributed by atoms with Gasteiger partial charge in [0.1, 0.15) is 0 Å². The van der Waals surface area contributed by atoms with Crippen LogP contribution in [0.25, 0.3) is 0 Å². The van der Waals surface area contributed by atoms with E-state index in [1.807, 2.05) is 7.05 Å². The van der Waals surface area contributed by atoms with E-state index >= 15 is 0 Å². The van der Waals surface area contributed by atoms with Gasteiger partial charge in [-0.25, -0.2) is 0 Å².